The molecule has 0 saturated carbocycles. The largest absolute Gasteiger partial charge is 0.348 e. The second-order valence-corrected chi connectivity index (χ2v) is 8.32. The van der Waals surface area contributed by atoms with Crippen molar-refractivity contribution in [3.05, 3.63) is 71.3 Å². The van der Waals surface area contributed by atoms with E-state index in [1.165, 1.54) is 16.7 Å². The summed E-state index contributed by atoms with van der Waals surface area (Å²) in [6.45, 7) is 6.85. The molecule has 0 aliphatic carbocycles. The lowest BCUT2D eigenvalue weighted by Gasteiger charge is -2.38. The smallest absolute Gasteiger partial charge is 0.309 e. The van der Waals surface area contributed by atoms with E-state index in [1.807, 2.05) is 18.2 Å². The maximum absolute atomic E-state index is 12.4. The van der Waals surface area contributed by atoms with Crippen molar-refractivity contribution in [1.82, 2.24) is 20.4 Å². The molecule has 1 unspecified atom stereocenters. The first kappa shape index (κ1) is 23.0. The van der Waals surface area contributed by atoms with Crippen LogP contribution in [-0.4, -0.2) is 67.9 Å². The van der Waals surface area contributed by atoms with Crippen LogP contribution in [0.4, 0.5) is 0 Å². The molecule has 0 bridgehead atoms. The number of carbonyl (C=O) groups is 2. The van der Waals surface area contributed by atoms with E-state index in [2.05, 4.69) is 70.8 Å². The molecular formula is C25H34N4O2. The van der Waals surface area contributed by atoms with Crippen molar-refractivity contribution in [2.75, 3.05) is 46.3 Å². The Bertz CT molecular complexity index is 830. The van der Waals surface area contributed by atoms with E-state index in [0.717, 1.165) is 39.0 Å². The fourth-order valence-corrected chi connectivity index (χ4v) is 3.87. The van der Waals surface area contributed by atoms with Crippen LogP contribution in [0.1, 0.15) is 29.2 Å². The minimum absolute atomic E-state index is 0.0594. The van der Waals surface area contributed by atoms with Crippen molar-refractivity contribution in [3.63, 3.8) is 0 Å². The normalized spacial score (nSPS) is 15.9. The van der Waals surface area contributed by atoms with Crippen LogP contribution in [0.3, 0.4) is 0 Å². The number of likely N-dealkylation sites (N-methyl/N-ethyl adjacent to an activating group) is 1. The van der Waals surface area contributed by atoms with Gasteiger partial charge in [-0.3, -0.25) is 14.5 Å². The monoisotopic (exact) mass is 422 g/mol. The lowest BCUT2D eigenvalue weighted by atomic mass is 10.0. The van der Waals surface area contributed by atoms with Crippen LogP contribution in [0, 0.1) is 6.92 Å². The third-order valence-electron chi connectivity index (χ3n) is 5.87. The molecule has 1 aliphatic heterocycles. The Labute approximate surface area is 185 Å². The van der Waals surface area contributed by atoms with E-state index >= 15 is 0 Å². The summed E-state index contributed by atoms with van der Waals surface area (Å²) in [4.78, 5) is 29.3. The Balaban J connectivity index is 1.49. The van der Waals surface area contributed by atoms with E-state index < -0.39 is 11.8 Å². The fraction of sp³-hybridized carbons (Fsp3) is 0.440. The second-order valence-electron chi connectivity index (χ2n) is 8.32. The molecule has 0 radical (unpaired) electrons. The van der Waals surface area contributed by atoms with Gasteiger partial charge in [0, 0.05) is 39.3 Å². The Morgan fingerprint density at radius 1 is 0.903 bits per heavy atom. The number of nitrogens with one attached hydrogen (secondary N) is 2. The number of nitrogens with zero attached hydrogens (tertiary/aromatic N) is 2. The summed E-state index contributed by atoms with van der Waals surface area (Å²) in [5, 5.41) is 5.59. The number of benzene rings is 2. The summed E-state index contributed by atoms with van der Waals surface area (Å²) >= 11 is 0. The fourth-order valence-electron chi connectivity index (χ4n) is 3.87. The molecule has 2 aromatic rings. The summed E-state index contributed by atoms with van der Waals surface area (Å²) in [7, 11) is 2.13. The predicted molar refractivity (Wildman–Crippen MR) is 124 cm³/mol. The molecular weight excluding hydrogens is 388 g/mol. The molecule has 2 aromatic carbocycles. The molecule has 0 spiro atoms. The average molecular weight is 423 g/mol. The maximum atomic E-state index is 12.4. The minimum Gasteiger partial charge on any atom is -0.348 e. The molecule has 2 amide bonds. The number of carbonyl (C=O) groups excluding carboxylic acids is 2. The van der Waals surface area contributed by atoms with Gasteiger partial charge >= 0.3 is 11.8 Å². The van der Waals surface area contributed by atoms with Crippen molar-refractivity contribution in [3.8, 4) is 0 Å². The van der Waals surface area contributed by atoms with Crippen LogP contribution in [0.25, 0.3) is 0 Å². The van der Waals surface area contributed by atoms with Crippen LogP contribution in [0.5, 0.6) is 0 Å². The first-order valence-corrected chi connectivity index (χ1v) is 11.1. The number of hydrogen-bond donors (Lipinski definition) is 2. The Kier molecular flexibility index (Phi) is 8.62. The van der Waals surface area contributed by atoms with E-state index in [4.69, 9.17) is 0 Å². The zero-order valence-corrected chi connectivity index (χ0v) is 18.6. The molecule has 6 nitrogen and oxygen atoms in total. The SMILES string of the molecule is Cc1ccc(C(CNC(=O)C(=O)NCCCc2ccccc2)N2CCN(C)CC2)cc1. The zero-order valence-electron chi connectivity index (χ0n) is 18.6. The van der Waals surface area contributed by atoms with Gasteiger partial charge < -0.3 is 15.5 Å². The molecule has 2 N–H and O–H groups in total. The number of piperazine rings is 1. The van der Waals surface area contributed by atoms with Gasteiger partial charge in [-0.15, -0.1) is 0 Å². The number of hydrogen-bond acceptors (Lipinski definition) is 4. The molecule has 31 heavy (non-hydrogen) atoms. The standard InChI is InChI=1S/C25H34N4O2/c1-20-10-12-22(13-11-20)23(29-17-15-28(2)16-18-29)19-27-25(31)24(30)26-14-6-9-21-7-4-3-5-8-21/h3-5,7-8,10-13,23H,6,9,14-19H2,1-2H3,(H,26,30)(H,27,31). The molecule has 166 valence electrons. The van der Waals surface area contributed by atoms with Crippen LogP contribution in [0.2, 0.25) is 0 Å². The highest BCUT2D eigenvalue weighted by Crippen LogP contribution is 2.22. The molecule has 1 atom stereocenters. The summed E-state index contributed by atoms with van der Waals surface area (Å²) in [5.74, 6) is -1.12. The van der Waals surface area contributed by atoms with Gasteiger partial charge in [0.15, 0.2) is 0 Å². The van der Waals surface area contributed by atoms with Crippen molar-refractivity contribution < 1.29 is 9.59 Å². The van der Waals surface area contributed by atoms with Gasteiger partial charge in [0.05, 0.1) is 6.04 Å². The van der Waals surface area contributed by atoms with Gasteiger partial charge in [0.1, 0.15) is 0 Å². The third kappa shape index (κ3) is 7.19. The van der Waals surface area contributed by atoms with Crippen LogP contribution in [-0.2, 0) is 16.0 Å². The van der Waals surface area contributed by atoms with Gasteiger partial charge in [0.2, 0.25) is 0 Å². The molecule has 3 rings (SSSR count). The molecule has 0 aromatic heterocycles. The summed E-state index contributed by atoms with van der Waals surface area (Å²) in [6.07, 6.45) is 1.68. The predicted octanol–water partition coefficient (Wildman–Crippen LogP) is 2.15. The van der Waals surface area contributed by atoms with Crippen LogP contribution < -0.4 is 10.6 Å². The van der Waals surface area contributed by atoms with E-state index in [-0.39, 0.29) is 6.04 Å². The van der Waals surface area contributed by atoms with E-state index in [1.54, 1.807) is 0 Å². The quantitative estimate of drug-likeness (QED) is 0.505. The maximum Gasteiger partial charge on any atom is 0.309 e. The lowest BCUT2D eigenvalue weighted by molar-refractivity contribution is -0.139. The molecule has 1 aliphatic rings. The first-order valence-electron chi connectivity index (χ1n) is 11.1. The summed E-state index contributed by atoms with van der Waals surface area (Å²) in [6, 6.07) is 18.6. The van der Waals surface area contributed by atoms with E-state index in [0.29, 0.717) is 13.1 Å². The zero-order chi connectivity index (χ0) is 22.1. The van der Waals surface area contributed by atoms with Gasteiger partial charge in [-0.25, -0.2) is 0 Å². The first-order chi connectivity index (χ1) is 15.0. The Morgan fingerprint density at radius 3 is 2.23 bits per heavy atom. The van der Waals surface area contributed by atoms with Gasteiger partial charge in [0.25, 0.3) is 0 Å². The summed E-state index contributed by atoms with van der Waals surface area (Å²) in [5.41, 5.74) is 3.60. The van der Waals surface area contributed by atoms with Crippen molar-refractivity contribution in [2.45, 2.75) is 25.8 Å². The van der Waals surface area contributed by atoms with Gasteiger partial charge in [-0.05, 0) is 37.9 Å². The van der Waals surface area contributed by atoms with Crippen molar-refractivity contribution in [1.29, 1.82) is 0 Å². The third-order valence-corrected chi connectivity index (χ3v) is 5.87. The molecule has 1 heterocycles. The van der Waals surface area contributed by atoms with Crippen LogP contribution in [0.15, 0.2) is 54.6 Å². The number of aryl methyl sites for hydroxylation is 2. The molecule has 1 saturated heterocycles. The molecule has 6 heteroatoms. The Morgan fingerprint density at radius 2 is 1.55 bits per heavy atom. The minimum atomic E-state index is -0.564. The highest BCUT2D eigenvalue weighted by atomic mass is 16.2. The highest BCUT2D eigenvalue weighted by Gasteiger charge is 2.25. The average Bonchev–Trinajstić information content (AvgIpc) is 2.79. The second kappa shape index (κ2) is 11.6. The van der Waals surface area contributed by atoms with Crippen molar-refractivity contribution in [2.24, 2.45) is 0 Å². The topological polar surface area (TPSA) is 64.7 Å². The van der Waals surface area contributed by atoms with Gasteiger partial charge in [-0.2, -0.15) is 0 Å². The van der Waals surface area contributed by atoms with Crippen LogP contribution >= 0.6 is 0 Å². The van der Waals surface area contributed by atoms with Crippen molar-refractivity contribution >= 4 is 11.8 Å². The van der Waals surface area contributed by atoms with E-state index in [9.17, 15) is 9.59 Å². The molecule has 1 fully saturated rings. The number of rotatable bonds is 8. The summed E-state index contributed by atoms with van der Waals surface area (Å²) < 4.78 is 0. The Hall–Kier alpha value is -2.70. The number of amides is 2. The highest BCUT2D eigenvalue weighted by molar-refractivity contribution is 6.35. The lowest BCUT2D eigenvalue weighted by Crippen LogP contribution is -2.49. The van der Waals surface area contributed by atoms with Gasteiger partial charge in [-0.1, -0.05) is 60.2 Å².